The van der Waals surface area contributed by atoms with E-state index < -0.39 is 0 Å². The van der Waals surface area contributed by atoms with Gasteiger partial charge in [0.1, 0.15) is 0 Å². The van der Waals surface area contributed by atoms with Gasteiger partial charge in [-0.05, 0) is 50.9 Å². The number of guanidine groups is 1. The fourth-order valence-electron chi connectivity index (χ4n) is 2.49. The van der Waals surface area contributed by atoms with Gasteiger partial charge in [-0.2, -0.15) is 0 Å². The number of nitrogens with zero attached hydrogens (tertiary/aromatic N) is 1. The van der Waals surface area contributed by atoms with Gasteiger partial charge < -0.3 is 20.5 Å². The van der Waals surface area contributed by atoms with Crippen LogP contribution < -0.4 is 10.6 Å². The molecule has 0 aromatic rings. The first-order chi connectivity index (χ1) is 10.7. The molecule has 0 bridgehead atoms. The van der Waals surface area contributed by atoms with Crippen LogP contribution in [-0.4, -0.2) is 51.0 Å². The van der Waals surface area contributed by atoms with Crippen LogP contribution in [0.2, 0.25) is 0 Å². The number of rotatable bonds is 13. The molecule has 0 amide bonds. The number of nitrogens with one attached hydrogen (secondary N) is 2. The number of aliphatic imine (C=N–C) groups is 1. The highest BCUT2D eigenvalue weighted by Gasteiger charge is 2.25. The Balaban J connectivity index is 0. The lowest BCUT2D eigenvalue weighted by atomic mass is 9.79. The Morgan fingerprint density at radius 2 is 1.78 bits per heavy atom. The Hall–Kier alpha value is -0.0800. The third-order valence-electron chi connectivity index (χ3n) is 4.38. The molecule has 0 spiro atoms. The summed E-state index contributed by atoms with van der Waals surface area (Å²) < 4.78 is 5.05. The van der Waals surface area contributed by atoms with Gasteiger partial charge in [0.25, 0.3) is 0 Å². The number of unbranched alkanes of at least 4 members (excludes halogenated alkanes) is 2. The van der Waals surface area contributed by atoms with Gasteiger partial charge in [-0.25, -0.2) is 0 Å². The minimum Gasteiger partial charge on any atom is -0.396 e. The van der Waals surface area contributed by atoms with Crippen molar-refractivity contribution in [3.8, 4) is 0 Å². The largest absolute Gasteiger partial charge is 0.396 e. The first-order valence-electron chi connectivity index (χ1n) is 8.80. The summed E-state index contributed by atoms with van der Waals surface area (Å²) in [6.07, 6.45) is 6.31. The molecule has 0 fully saturated rings. The van der Waals surface area contributed by atoms with Gasteiger partial charge in [0.2, 0.25) is 0 Å². The quantitative estimate of drug-likeness (QED) is 0.177. The van der Waals surface area contributed by atoms with Crippen molar-refractivity contribution in [3.05, 3.63) is 0 Å². The minimum atomic E-state index is 0. The van der Waals surface area contributed by atoms with Crippen LogP contribution in [0.3, 0.4) is 0 Å². The highest BCUT2D eigenvalue weighted by Crippen LogP contribution is 2.30. The average Bonchev–Trinajstić information content (AvgIpc) is 2.54. The van der Waals surface area contributed by atoms with E-state index in [2.05, 4.69) is 31.4 Å². The van der Waals surface area contributed by atoms with Crippen LogP contribution in [0.4, 0.5) is 0 Å². The number of hydrogen-bond donors (Lipinski definition) is 3. The smallest absolute Gasteiger partial charge is 0.191 e. The Morgan fingerprint density at radius 1 is 1.09 bits per heavy atom. The molecule has 0 rings (SSSR count). The van der Waals surface area contributed by atoms with E-state index in [1.54, 1.807) is 7.11 Å². The fourth-order valence-corrected chi connectivity index (χ4v) is 2.49. The van der Waals surface area contributed by atoms with Gasteiger partial charge in [-0.3, -0.25) is 4.99 Å². The van der Waals surface area contributed by atoms with E-state index in [0.29, 0.717) is 0 Å². The molecule has 0 aromatic carbocycles. The number of hydrogen-bond acceptors (Lipinski definition) is 3. The van der Waals surface area contributed by atoms with Crippen LogP contribution >= 0.6 is 24.0 Å². The van der Waals surface area contributed by atoms with E-state index in [9.17, 15) is 5.11 Å². The summed E-state index contributed by atoms with van der Waals surface area (Å²) in [5.74, 6) is 0.887. The maximum atomic E-state index is 9.29. The lowest BCUT2D eigenvalue weighted by Gasteiger charge is -2.29. The maximum Gasteiger partial charge on any atom is 0.191 e. The summed E-state index contributed by atoms with van der Waals surface area (Å²) >= 11 is 0. The first kappa shape index (κ1) is 25.2. The Morgan fingerprint density at radius 3 is 2.30 bits per heavy atom. The summed E-state index contributed by atoms with van der Waals surface area (Å²) in [6, 6.07) is 0. The lowest BCUT2D eigenvalue weighted by molar-refractivity contribution is 0.175. The van der Waals surface area contributed by atoms with Gasteiger partial charge in [0, 0.05) is 40.0 Å². The summed E-state index contributed by atoms with van der Waals surface area (Å²) in [6.45, 7) is 10.1. The molecule has 0 heterocycles. The van der Waals surface area contributed by atoms with Crippen LogP contribution in [0.1, 0.15) is 59.3 Å². The molecular weight excluding hydrogens is 405 g/mol. The van der Waals surface area contributed by atoms with Crippen molar-refractivity contribution >= 4 is 29.9 Å². The molecular formula is C17H38IN3O2. The van der Waals surface area contributed by atoms with E-state index >= 15 is 0 Å². The summed E-state index contributed by atoms with van der Waals surface area (Å²) in [5, 5.41) is 16.0. The third kappa shape index (κ3) is 12.0. The molecule has 23 heavy (non-hydrogen) atoms. The molecule has 0 radical (unpaired) electrons. The fraction of sp³-hybridized carbons (Fsp3) is 0.941. The molecule has 5 nitrogen and oxygen atoms in total. The second kappa shape index (κ2) is 16.8. The average molecular weight is 443 g/mol. The molecule has 0 aliphatic heterocycles. The number of ether oxygens (including phenoxy) is 1. The third-order valence-corrected chi connectivity index (χ3v) is 4.38. The number of methoxy groups -OCH3 is 1. The molecule has 3 N–H and O–H groups in total. The van der Waals surface area contributed by atoms with E-state index in [4.69, 9.17) is 9.73 Å². The van der Waals surface area contributed by atoms with Crippen LogP contribution in [-0.2, 0) is 4.74 Å². The predicted molar refractivity (Wildman–Crippen MR) is 110 cm³/mol. The molecule has 0 saturated heterocycles. The molecule has 0 saturated carbocycles. The van der Waals surface area contributed by atoms with Gasteiger partial charge in [-0.1, -0.05) is 13.8 Å². The Labute approximate surface area is 160 Å². The number of aliphatic hydroxyl groups excluding tert-OH is 1. The zero-order valence-electron chi connectivity index (χ0n) is 15.5. The normalized spacial score (nSPS) is 12.0. The van der Waals surface area contributed by atoms with Crippen molar-refractivity contribution in [2.75, 3.05) is 40.0 Å². The zero-order valence-corrected chi connectivity index (χ0v) is 17.8. The van der Waals surface area contributed by atoms with E-state index in [0.717, 1.165) is 64.3 Å². The van der Waals surface area contributed by atoms with Crippen LogP contribution in [0, 0.1) is 5.41 Å². The van der Waals surface area contributed by atoms with Gasteiger partial charge in [0.05, 0.1) is 0 Å². The molecule has 6 heteroatoms. The molecule has 0 atom stereocenters. The predicted octanol–water partition coefficient (Wildman–Crippen LogP) is 3.17. The molecule has 140 valence electrons. The maximum absolute atomic E-state index is 9.29. The second-order valence-electron chi connectivity index (χ2n) is 5.86. The van der Waals surface area contributed by atoms with Crippen LogP contribution in [0.5, 0.6) is 0 Å². The van der Waals surface area contributed by atoms with E-state index in [1.165, 1.54) is 6.42 Å². The van der Waals surface area contributed by atoms with Crippen molar-refractivity contribution in [1.82, 2.24) is 10.6 Å². The topological polar surface area (TPSA) is 65.9 Å². The van der Waals surface area contributed by atoms with Crippen molar-refractivity contribution in [1.29, 1.82) is 0 Å². The zero-order chi connectivity index (χ0) is 16.7. The van der Waals surface area contributed by atoms with Gasteiger partial charge in [-0.15, -0.1) is 24.0 Å². The Kier molecular flexibility index (Phi) is 18.3. The van der Waals surface area contributed by atoms with Crippen molar-refractivity contribution in [2.24, 2.45) is 10.4 Å². The van der Waals surface area contributed by atoms with Gasteiger partial charge in [0.15, 0.2) is 5.96 Å². The van der Waals surface area contributed by atoms with Crippen molar-refractivity contribution in [2.45, 2.75) is 59.3 Å². The highest BCUT2D eigenvalue weighted by molar-refractivity contribution is 14.0. The number of halogens is 1. The monoisotopic (exact) mass is 443 g/mol. The molecule has 0 aromatic heterocycles. The SMILES string of the molecule is CCNC(=NCC(CC)(CC)CCO)NCCCCCOC.I. The summed E-state index contributed by atoms with van der Waals surface area (Å²) in [7, 11) is 1.74. The standard InChI is InChI=1S/C17H37N3O2.HI/c1-5-17(6-2,11-13-21)15-20-16(18-7-3)19-12-9-8-10-14-22-4;/h21H,5-15H2,1-4H3,(H2,18,19,20);1H. The minimum absolute atomic E-state index is 0. The highest BCUT2D eigenvalue weighted by atomic mass is 127. The first-order valence-corrected chi connectivity index (χ1v) is 8.80. The molecule has 0 aliphatic carbocycles. The lowest BCUT2D eigenvalue weighted by Crippen LogP contribution is -2.39. The van der Waals surface area contributed by atoms with Crippen LogP contribution in [0.15, 0.2) is 4.99 Å². The van der Waals surface area contributed by atoms with Crippen molar-refractivity contribution < 1.29 is 9.84 Å². The second-order valence-corrected chi connectivity index (χ2v) is 5.86. The van der Waals surface area contributed by atoms with E-state index in [-0.39, 0.29) is 36.0 Å². The summed E-state index contributed by atoms with van der Waals surface area (Å²) in [5.41, 5.74) is 0.121. The molecule has 0 unspecified atom stereocenters. The number of aliphatic hydroxyl groups is 1. The van der Waals surface area contributed by atoms with Crippen molar-refractivity contribution in [3.63, 3.8) is 0 Å². The Bertz CT molecular complexity index is 285. The summed E-state index contributed by atoms with van der Waals surface area (Å²) in [4.78, 5) is 4.74. The molecule has 0 aliphatic rings. The van der Waals surface area contributed by atoms with Crippen LogP contribution in [0.25, 0.3) is 0 Å². The van der Waals surface area contributed by atoms with Gasteiger partial charge >= 0.3 is 0 Å². The van der Waals surface area contributed by atoms with E-state index in [1.807, 2.05) is 0 Å².